The molecule has 1 saturated heterocycles. The molecule has 1 heterocycles. The van der Waals surface area contributed by atoms with Crippen molar-refractivity contribution in [3.63, 3.8) is 0 Å². The summed E-state index contributed by atoms with van der Waals surface area (Å²) in [6, 6.07) is 14.6. The highest BCUT2D eigenvalue weighted by Crippen LogP contribution is 2.20. The molecule has 2 aromatic carbocycles. The number of hydrogen-bond acceptors (Lipinski definition) is 3. The Bertz CT molecular complexity index is 757. The monoisotopic (exact) mass is 370 g/mol. The third-order valence-electron chi connectivity index (χ3n) is 4.91. The predicted octanol–water partition coefficient (Wildman–Crippen LogP) is 3.50. The molecule has 5 heteroatoms. The van der Waals surface area contributed by atoms with Gasteiger partial charge in [-0.3, -0.25) is 9.69 Å². The van der Waals surface area contributed by atoms with Gasteiger partial charge in [-0.15, -0.1) is 0 Å². The maximum atomic E-state index is 13.2. The Balaban J connectivity index is 1.46. The Morgan fingerprint density at radius 1 is 1.07 bits per heavy atom. The van der Waals surface area contributed by atoms with E-state index in [4.69, 9.17) is 4.74 Å². The third kappa shape index (κ3) is 5.54. The van der Waals surface area contributed by atoms with Crippen LogP contribution >= 0.6 is 0 Å². The average molecular weight is 370 g/mol. The van der Waals surface area contributed by atoms with Crippen LogP contribution in [-0.2, 0) is 17.8 Å². The minimum Gasteiger partial charge on any atom is -0.494 e. The molecule has 0 unspecified atom stereocenters. The number of ether oxygens (including phenoxy) is 1. The number of para-hydroxylation sites is 1. The van der Waals surface area contributed by atoms with Crippen molar-refractivity contribution in [1.82, 2.24) is 9.80 Å². The van der Waals surface area contributed by atoms with Gasteiger partial charge in [0.25, 0.3) is 0 Å². The Morgan fingerprint density at radius 3 is 2.59 bits per heavy atom. The number of carbonyl (C=O) groups excluding carboxylic acids is 1. The van der Waals surface area contributed by atoms with Crippen molar-refractivity contribution in [3.8, 4) is 5.75 Å². The molecule has 144 valence electrons. The molecular weight excluding hydrogens is 343 g/mol. The van der Waals surface area contributed by atoms with E-state index in [9.17, 15) is 9.18 Å². The van der Waals surface area contributed by atoms with Gasteiger partial charge in [-0.25, -0.2) is 4.39 Å². The van der Waals surface area contributed by atoms with Crippen LogP contribution in [-0.4, -0.2) is 48.5 Å². The smallest absolute Gasteiger partial charge is 0.222 e. The first-order valence-electron chi connectivity index (χ1n) is 9.61. The summed E-state index contributed by atoms with van der Waals surface area (Å²) < 4.78 is 18.9. The predicted molar refractivity (Wildman–Crippen MR) is 104 cm³/mol. The topological polar surface area (TPSA) is 32.8 Å². The largest absolute Gasteiger partial charge is 0.494 e. The molecule has 0 aromatic heterocycles. The van der Waals surface area contributed by atoms with Gasteiger partial charge in [0.1, 0.15) is 11.6 Å². The van der Waals surface area contributed by atoms with Crippen LogP contribution in [0.1, 0.15) is 24.5 Å². The van der Waals surface area contributed by atoms with Crippen molar-refractivity contribution in [1.29, 1.82) is 0 Å². The van der Waals surface area contributed by atoms with Crippen molar-refractivity contribution in [2.45, 2.75) is 26.3 Å². The molecule has 1 amide bonds. The Labute approximate surface area is 160 Å². The fraction of sp³-hybridized carbons (Fsp3) is 0.409. The summed E-state index contributed by atoms with van der Waals surface area (Å²) in [5.41, 5.74) is 2.06. The van der Waals surface area contributed by atoms with Gasteiger partial charge >= 0.3 is 0 Å². The quantitative estimate of drug-likeness (QED) is 0.748. The van der Waals surface area contributed by atoms with Gasteiger partial charge in [0.05, 0.1) is 6.61 Å². The normalized spacial score (nSPS) is 15.0. The second kappa shape index (κ2) is 9.51. The molecule has 0 saturated carbocycles. The zero-order chi connectivity index (χ0) is 19.1. The maximum Gasteiger partial charge on any atom is 0.222 e. The molecule has 0 spiro atoms. The first kappa shape index (κ1) is 19.4. The molecule has 0 aliphatic carbocycles. The Hall–Kier alpha value is -2.40. The maximum absolute atomic E-state index is 13.2. The zero-order valence-corrected chi connectivity index (χ0v) is 15.9. The molecule has 2 aromatic rings. The Kier molecular flexibility index (Phi) is 6.82. The number of carbonyl (C=O) groups is 1. The molecule has 0 atom stereocenters. The highest BCUT2D eigenvalue weighted by molar-refractivity contribution is 5.76. The van der Waals surface area contributed by atoms with Crippen molar-refractivity contribution in [2.75, 3.05) is 32.8 Å². The van der Waals surface area contributed by atoms with Gasteiger partial charge in [0, 0.05) is 44.7 Å². The highest BCUT2D eigenvalue weighted by atomic mass is 19.1. The van der Waals surface area contributed by atoms with E-state index >= 15 is 0 Å². The lowest BCUT2D eigenvalue weighted by atomic mass is 10.1. The van der Waals surface area contributed by atoms with E-state index in [2.05, 4.69) is 11.0 Å². The molecule has 0 bridgehead atoms. The van der Waals surface area contributed by atoms with Crippen LogP contribution in [0.5, 0.6) is 5.75 Å². The second-order valence-corrected chi connectivity index (χ2v) is 6.83. The van der Waals surface area contributed by atoms with E-state index in [1.165, 1.54) is 17.7 Å². The minimum atomic E-state index is -0.249. The highest BCUT2D eigenvalue weighted by Gasteiger charge is 2.21. The van der Waals surface area contributed by atoms with Gasteiger partial charge in [-0.05, 0) is 37.1 Å². The van der Waals surface area contributed by atoms with Crippen LogP contribution in [0, 0.1) is 5.82 Å². The number of halogens is 1. The minimum absolute atomic E-state index is 0.147. The third-order valence-corrected chi connectivity index (χ3v) is 4.91. The van der Waals surface area contributed by atoms with Crippen LogP contribution in [0.3, 0.4) is 0 Å². The van der Waals surface area contributed by atoms with Crippen molar-refractivity contribution in [2.24, 2.45) is 0 Å². The summed E-state index contributed by atoms with van der Waals surface area (Å²) in [6.07, 6.45) is 1.01. The van der Waals surface area contributed by atoms with E-state index in [1.807, 2.05) is 36.1 Å². The molecule has 1 fully saturated rings. The van der Waals surface area contributed by atoms with Crippen molar-refractivity contribution in [3.05, 3.63) is 65.5 Å². The van der Waals surface area contributed by atoms with Crippen LogP contribution in [0.2, 0.25) is 0 Å². The van der Waals surface area contributed by atoms with Crippen LogP contribution in [0.4, 0.5) is 4.39 Å². The molecule has 3 rings (SSSR count). The van der Waals surface area contributed by atoms with Crippen molar-refractivity contribution >= 4 is 5.91 Å². The standard InChI is InChI=1S/C22H27FN2O2/c1-2-27-21-9-4-3-7-19(21)17-24-12-14-25(15-13-24)22(26)11-10-18-6-5-8-20(23)16-18/h3-9,16H,2,10-15,17H2,1H3. The van der Waals surface area contributed by atoms with E-state index in [0.717, 1.165) is 44.0 Å². The summed E-state index contributed by atoms with van der Waals surface area (Å²) in [7, 11) is 0. The zero-order valence-electron chi connectivity index (χ0n) is 15.9. The summed E-state index contributed by atoms with van der Waals surface area (Å²) >= 11 is 0. The van der Waals surface area contributed by atoms with Gasteiger partial charge in [-0.1, -0.05) is 30.3 Å². The average Bonchev–Trinajstić information content (AvgIpc) is 2.68. The fourth-order valence-corrected chi connectivity index (χ4v) is 3.43. The number of benzene rings is 2. The van der Waals surface area contributed by atoms with Gasteiger partial charge in [0.15, 0.2) is 0 Å². The van der Waals surface area contributed by atoms with Gasteiger partial charge in [0.2, 0.25) is 5.91 Å². The lowest BCUT2D eigenvalue weighted by Crippen LogP contribution is -2.48. The first-order valence-corrected chi connectivity index (χ1v) is 9.61. The first-order chi connectivity index (χ1) is 13.2. The molecule has 0 N–H and O–H groups in total. The SMILES string of the molecule is CCOc1ccccc1CN1CCN(C(=O)CCc2cccc(F)c2)CC1. The number of piperazine rings is 1. The number of hydrogen-bond donors (Lipinski definition) is 0. The van der Waals surface area contributed by atoms with Gasteiger partial charge < -0.3 is 9.64 Å². The second-order valence-electron chi connectivity index (χ2n) is 6.83. The fourth-order valence-electron chi connectivity index (χ4n) is 3.43. The molecule has 1 aliphatic rings. The van der Waals surface area contributed by atoms with Gasteiger partial charge in [-0.2, -0.15) is 0 Å². The number of aryl methyl sites for hydroxylation is 1. The summed E-state index contributed by atoms with van der Waals surface area (Å²) in [6.45, 7) is 6.66. The Morgan fingerprint density at radius 2 is 1.85 bits per heavy atom. The van der Waals surface area contributed by atoms with Crippen molar-refractivity contribution < 1.29 is 13.9 Å². The lowest BCUT2D eigenvalue weighted by Gasteiger charge is -2.35. The van der Waals surface area contributed by atoms with E-state index in [0.29, 0.717) is 19.4 Å². The molecule has 1 aliphatic heterocycles. The molecular formula is C22H27FN2O2. The van der Waals surface area contributed by atoms with Crippen LogP contribution in [0.15, 0.2) is 48.5 Å². The summed E-state index contributed by atoms with van der Waals surface area (Å²) in [5, 5.41) is 0. The van der Waals surface area contributed by atoms with E-state index in [-0.39, 0.29) is 11.7 Å². The lowest BCUT2D eigenvalue weighted by molar-refractivity contribution is -0.133. The van der Waals surface area contributed by atoms with Crippen LogP contribution in [0.25, 0.3) is 0 Å². The number of nitrogens with zero attached hydrogens (tertiary/aromatic N) is 2. The van der Waals surface area contributed by atoms with E-state index in [1.54, 1.807) is 6.07 Å². The van der Waals surface area contributed by atoms with E-state index < -0.39 is 0 Å². The number of amides is 1. The number of rotatable bonds is 7. The molecule has 0 radical (unpaired) electrons. The van der Waals surface area contributed by atoms with Crippen LogP contribution < -0.4 is 4.74 Å². The summed E-state index contributed by atoms with van der Waals surface area (Å²) in [5.74, 6) is 0.836. The molecule has 4 nitrogen and oxygen atoms in total. The molecule has 27 heavy (non-hydrogen) atoms. The summed E-state index contributed by atoms with van der Waals surface area (Å²) in [4.78, 5) is 16.7.